The van der Waals surface area contributed by atoms with Crippen LogP contribution in [0.4, 0.5) is 11.4 Å². The van der Waals surface area contributed by atoms with E-state index >= 15 is 0 Å². The van der Waals surface area contributed by atoms with Crippen LogP contribution >= 0.6 is 0 Å². The van der Waals surface area contributed by atoms with Gasteiger partial charge in [0.1, 0.15) is 0 Å². The second kappa shape index (κ2) is 1.47. The second-order valence-corrected chi connectivity index (χ2v) is 2.24. The molecule has 52 valence electrons. The van der Waals surface area contributed by atoms with Gasteiger partial charge >= 0.3 is 0 Å². The molecule has 2 rings (SSSR count). The molecular weight excluding hydrogens is 128 g/mol. The Morgan fingerprint density at radius 1 is 0.900 bits per heavy atom. The Morgan fingerprint density at radius 2 is 1.30 bits per heavy atom. The molecule has 0 atom stereocenters. The van der Waals surface area contributed by atoms with Crippen LogP contribution in [-0.4, -0.2) is 9.97 Å². The van der Waals surface area contributed by atoms with Gasteiger partial charge in [-0.2, -0.15) is 0 Å². The minimum absolute atomic E-state index is 0.701. The van der Waals surface area contributed by atoms with Gasteiger partial charge in [0.25, 0.3) is 0 Å². The molecule has 0 aliphatic heterocycles. The summed E-state index contributed by atoms with van der Waals surface area (Å²) in [5.41, 5.74) is 14.3. The number of aromatic amines is 2. The number of rotatable bonds is 0. The van der Waals surface area contributed by atoms with Gasteiger partial charge in [-0.25, -0.2) is 0 Å². The zero-order chi connectivity index (χ0) is 7.14. The molecule has 0 saturated carbocycles. The highest BCUT2D eigenvalue weighted by atomic mass is 14.9. The zero-order valence-electron chi connectivity index (χ0n) is 5.31. The largest absolute Gasteiger partial charge is 0.396 e. The first kappa shape index (κ1) is 5.22. The van der Waals surface area contributed by atoms with E-state index in [9.17, 15) is 0 Å². The minimum atomic E-state index is 0.701. The molecule has 0 bridgehead atoms. The van der Waals surface area contributed by atoms with Gasteiger partial charge < -0.3 is 21.4 Å². The summed E-state index contributed by atoms with van der Waals surface area (Å²) in [6.07, 6.45) is 3.44. The quantitative estimate of drug-likeness (QED) is 0.429. The lowest BCUT2D eigenvalue weighted by Gasteiger charge is -1.79. The number of hydrogen-bond acceptors (Lipinski definition) is 2. The third-order valence-corrected chi connectivity index (χ3v) is 1.57. The SMILES string of the molecule is Nc1c[nH]c2c(N)c[nH]c12. The third-order valence-electron chi connectivity index (χ3n) is 1.57. The van der Waals surface area contributed by atoms with E-state index in [0.29, 0.717) is 11.4 Å². The standard InChI is InChI=1S/C6H8N4/c7-3-1-9-6-4(8)2-10-5(3)6/h1-2,9-10H,7-8H2. The van der Waals surface area contributed by atoms with Gasteiger partial charge in [-0.05, 0) is 0 Å². The smallest absolute Gasteiger partial charge is 0.0890 e. The maximum Gasteiger partial charge on any atom is 0.0890 e. The van der Waals surface area contributed by atoms with E-state index in [1.807, 2.05) is 0 Å². The summed E-state index contributed by atoms with van der Waals surface area (Å²) in [7, 11) is 0. The predicted octanol–water partition coefficient (Wildman–Crippen LogP) is 0.660. The van der Waals surface area contributed by atoms with Gasteiger partial charge in [-0.3, -0.25) is 0 Å². The van der Waals surface area contributed by atoms with Gasteiger partial charge in [0.05, 0.1) is 22.4 Å². The van der Waals surface area contributed by atoms with Crippen molar-refractivity contribution in [2.24, 2.45) is 0 Å². The van der Waals surface area contributed by atoms with Gasteiger partial charge in [0, 0.05) is 12.4 Å². The molecule has 0 fully saturated rings. The molecule has 2 aromatic heterocycles. The van der Waals surface area contributed by atoms with E-state index in [1.54, 1.807) is 12.4 Å². The second-order valence-electron chi connectivity index (χ2n) is 2.24. The van der Waals surface area contributed by atoms with Crippen LogP contribution in [0.25, 0.3) is 11.0 Å². The highest BCUT2D eigenvalue weighted by Gasteiger charge is 2.03. The molecule has 0 amide bonds. The average molecular weight is 136 g/mol. The van der Waals surface area contributed by atoms with Crippen molar-refractivity contribution in [3.8, 4) is 0 Å². The molecule has 10 heavy (non-hydrogen) atoms. The number of fused-ring (bicyclic) bond motifs is 1. The van der Waals surface area contributed by atoms with Crippen LogP contribution < -0.4 is 11.5 Å². The molecule has 0 radical (unpaired) electrons. The Morgan fingerprint density at radius 3 is 1.70 bits per heavy atom. The number of anilines is 2. The molecule has 2 heterocycles. The van der Waals surface area contributed by atoms with E-state index in [2.05, 4.69) is 9.97 Å². The fraction of sp³-hybridized carbons (Fsp3) is 0. The van der Waals surface area contributed by atoms with E-state index in [-0.39, 0.29) is 0 Å². The Hall–Kier alpha value is -1.58. The van der Waals surface area contributed by atoms with E-state index in [4.69, 9.17) is 11.5 Å². The Bertz CT molecular complexity index is 321. The summed E-state index contributed by atoms with van der Waals surface area (Å²) < 4.78 is 0. The van der Waals surface area contributed by atoms with Crippen molar-refractivity contribution in [1.82, 2.24) is 9.97 Å². The Balaban J connectivity index is 2.95. The molecule has 0 unspecified atom stereocenters. The van der Waals surface area contributed by atoms with E-state index < -0.39 is 0 Å². The van der Waals surface area contributed by atoms with Crippen LogP contribution in [0, 0.1) is 0 Å². The summed E-state index contributed by atoms with van der Waals surface area (Å²) in [5, 5.41) is 0. The molecule has 0 spiro atoms. The van der Waals surface area contributed by atoms with Gasteiger partial charge in [-0.1, -0.05) is 0 Å². The first-order valence-electron chi connectivity index (χ1n) is 2.98. The van der Waals surface area contributed by atoms with Gasteiger partial charge in [0.15, 0.2) is 0 Å². The summed E-state index contributed by atoms with van der Waals surface area (Å²) in [5.74, 6) is 0. The number of aromatic nitrogens is 2. The van der Waals surface area contributed by atoms with Crippen molar-refractivity contribution >= 4 is 22.4 Å². The van der Waals surface area contributed by atoms with Crippen molar-refractivity contribution in [1.29, 1.82) is 0 Å². The average Bonchev–Trinajstić information content (AvgIpc) is 2.41. The molecule has 0 aliphatic carbocycles. The van der Waals surface area contributed by atoms with Crippen LogP contribution in [0.3, 0.4) is 0 Å². The molecule has 0 saturated heterocycles. The van der Waals surface area contributed by atoms with Crippen molar-refractivity contribution < 1.29 is 0 Å². The molecule has 0 aromatic carbocycles. The molecule has 4 nitrogen and oxygen atoms in total. The fourth-order valence-electron chi connectivity index (χ4n) is 1.04. The molecule has 0 aliphatic rings. The number of nitrogen functional groups attached to an aromatic ring is 2. The number of H-pyrrole nitrogens is 2. The highest BCUT2D eigenvalue weighted by molar-refractivity contribution is 5.95. The predicted molar refractivity (Wildman–Crippen MR) is 41.5 cm³/mol. The number of nitrogens with one attached hydrogen (secondary N) is 2. The van der Waals surface area contributed by atoms with Crippen LogP contribution in [0.2, 0.25) is 0 Å². The molecule has 2 aromatic rings. The maximum absolute atomic E-state index is 5.57. The van der Waals surface area contributed by atoms with Gasteiger partial charge in [-0.15, -0.1) is 0 Å². The van der Waals surface area contributed by atoms with Crippen LogP contribution in [-0.2, 0) is 0 Å². The molecule has 6 N–H and O–H groups in total. The third kappa shape index (κ3) is 0.452. The maximum atomic E-state index is 5.57. The first-order valence-corrected chi connectivity index (χ1v) is 2.98. The Labute approximate surface area is 57.2 Å². The lowest BCUT2D eigenvalue weighted by Crippen LogP contribution is -1.79. The summed E-state index contributed by atoms with van der Waals surface area (Å²) in [6.45, 7) is 0. The van der Waals surface area contributed by atoms with Crippen molar-refractivity contribution in [2.75, 3.05) is 11.5 Å². The van der Waals surface area contributed by atoms with Crippen LogP contribution in [0.5, 0.6) is 0 Å². The van der Waals surface area contributed by atoms with Crippen molar-refractivity contribution in [2.45, 2.75) is 0 Å². The van der Waals surface area contributed by atoms with Gasteiger partial charge in [0.2, 0.25) is 0 Å². The topological polar surface area (TPSA) is 83.6 Å². The number of nitrogens with two attached hydrogens (primary N) is 2. The Kier molecular flexibility index (Phi) is 0.768. The lowest BCUT2D eigenvalue weighted by atomic mass is 10.4. The fourth-order valence-corrected chi connectivity index (χ4v) is 1.04. The summed E-state index contributed by atoms with van der Waals surface area (Å²) >= 11 is 0. The highest BCUT2D eigenvalue weighted by Crippen LogP contribution is 2.23. The molecule has 4 heteroatoms. The summed E-state index contributed by atoms with van der Waals surface area (Å²) in [4.78, 5) is 5.91. The zero-order valence-corrected chi connectivity index (χ0v) is 5.31. The normalized spacial score (nSPS) is 10.8. The monoisotopic (exact) mass is 136 g/mol. The summed E-state index contributed by atoms with van der Waals surface area (Å²) in [6, 6.07) is 0. The van der Waals surface area contributed by atoms with E-state index in [0.717, 1.165) is 11.0 Å². The van der Waals surface area contributed by atoms with E-state index in [1.165, 1.54) is 0 Å². The molecular formula is C6H8N4. The van der Waals surface area contributed by atoms with Crippen LogP contribution in [0.1, 0.15) is 0 Å². The first-order chi connectivity index (χ1) is 4.79. The number of hydrogen-bond donors (Lipinski definition) is 4. The lowest BCUT2D eigenvalue weighted by molar-refractivity contribution is 1.46. The van der Waals surface area contributed by atoms with Crippen molar-refractivity contribution in [3.05, 3.63) is 12.4 Å². The minimum Gasteiger partial charge on any atom is -0.396 e. The van der Waals surface area contributed by atoms with Crippen molar-refractivity contribution in [3.63, 3.8) is 0 Å². The van der Waals surface area contributed by atoms with Crippen LogP contribution in [0.15, 0.2) is 12.4 Å².